The number of H-pyrrole nitrogens is 1. The van der Waals surface area contributed by atoms with Crippen LogP contribution in [-0.4, -0.2) is 84.5 Å². The van der Waals surface area contributed by atoms with Crippen molar-refractivity contribution < 1.29 is 28.6 Å². The molecular weight excluding hydrogens is 656 g/mol. The Kier molecular flexibility index (Phi) is 11.0. The normalized spacial score (nSPS) is 19.4. The summed E-state index contributed by atoms with van der Waals surface area (Å²) in [5.74, 6) is 0.0443. The van der Waals surface area contributed by atoms with Crippen LogP contribution in [0.2, 0.25) is 5.02 Å². The number of hydrogen-bond donors (Lipinski definition) is 2. The van der Waals surface area contributed by atoms with E-state index >= 15 is 0 Å². The molecule has 11 heteroatoms. The number of halogens is 1. The van der Waals surface area contributed by atoms with Gasteiger partial charge in [-0.15, -0.1) is 0 Å². The van der Waals surface area contributed by atoms with Crippen molar-refractivity contribution in [2.75, 3.05) is 39.8 Å². The Balaban J connectivity index is 1.17. The van der Waals surface area contributed by atoms with Crippen LogP contribution in [-0.2, 0) is 27.4 Å². The summed E-state index contributed by atoms with van der Waals surface area (Å²) in [6.45, 7) is 8.16. The predicted octanol–water partition coefficient (Wildman–Crippen LogP) is 5.73. The van der Waals surface area contributed by atoms with Gasteiger partial charge in [0.25, 0.3) is 5.91 Å². The van der Waals surface area contributed by atoms with Gasteiger partial charge >= 0.3 is 0 Å². The molecule has 4 aromatic rings. The maximum absolute atomic E-state index is 13.9. The van der Waals surface area contributed by atoms with Crippen molar-refractivity contribution in [1.82, 2.24) is 20.1 Å². The van der Waals surface area contributed by atoms with Crippen molar-refractivity contribution in [1.29, 1.82) is 0 Å². The molecule has 264 valence electrons. The first-order valence-electron chi connectivity index (χ1n) is 17.2. The third-order valence-electron chi connectivity index (χ3n) is 9.64. The highest BCUT2D eigenvalue weighted by Gasteiger charge is 2.48. The molecule has 0 spiro atoms. The highest BCUT2D eigenvalue weighted by Crippen LogP contribution is 2.37. The van der Waals surface area contributed by atoms with Crippen LogP contribution in [0.4, 0.5) is 0 Å². The summed E-state index contributed by atoms with van der Waals surface area (Å²) in [5.41, 5.74) is 3.28. The molecule has 0 saturated carbocycles. The monoisotopic (exact) mass is 700 g/mol. The molecule has 2 saturated heterocycles. The van der Waals surface area contributed by atoms with Gasteiger partial charge in [0.1, 0.15) is 0 Å². The molecule has 0 radical (unpaired) electrons. The lowest BCUT2D eigenvalue weighted by molar-refractivity contribution is -0.138. The van der Waals surface area contributed by atoms with Gasteiger partial charge in [0.2, 0.25) is 11.8 Å². The first-order chi connectivity index (χ1) is 24.1. The van der Waals surface area contributed by atoms with Crippen LogP contribution in [0.3, 0.4) is 0 Å². The van der Waals surface area contributed by atoms with E-state index in [9.17, 15) is 14.4 Å². The largest absolute Gasteiger partial charge is 0.493 e. The number of hydrogen-bond acceptors (Lipinski definition) is 6. The molecule has 4 atom stereocenters. The van der Waals surface area contributed by atoms with Crippen molar-refractivity contribution in [2.24, 2.45) is 17.8 Å². The van der Waals surface area contributed by atoms with E-state index < -0.39 is 5.92 Å². The number of likely N-dealkylation sites (tertiary alicyclic amines) is 2. The zero-order valence-corrected chi connectivity index (χ0v) is 29.7. The molecule has 10 nitrogen and oxygen atoms in total. The number of nitrogens with one attached hydrogen (secondary N) is 2. The number of benzene rings is 3. The van der Waals surface area contributed by atoms with Crippen LogP contribution in [0, 0.1) is 17.8 Å². The van der Waals surface area contributed by atoms with E-state index in [-0.39, 0.29) is 54.7 Å². The van der Waals surface area contributed by atoms with E-state index in [1.54, 1.807) is 35.1 Å². The Hall–Kier alpha value is -4.54. The quantitative estimate of drug-likeness (QED) is 0.195. The van der Waals surface area contributed by atoms with Crippen LogP contribution in [0.25, 0.3) is 10.9 Å². The van der Waals surface area contributed by atoms with Crippen molar-refractivity contribution in [3.8, 4) is 11.5 Å². The van der Waals surface area contributed by atoms with Crippen LogP contribution in [0.1, 0.15) is 42.3 Å². The number of piperidine rings is 1. The molecule has 0 aliphatic carbocycles. The number of amides is 3. The summed E-state index contributed by atoms with van der Waals surface area (Å²) < 4.78 is 17.4. The molecule has 3 aromatic carbocycles. The number of fused-ring (bicyclic) bond motifs is 2. The minimum Gasteiger partial charge on any atom is -0.493 e. The molecule has 50 heavy (non-hydrogen) atoms. The molecule has 2 fully saturated rings. The number of aromatic nitrogens is 1. The molecule has 6 rings (SSSR count). The van der Waals surface area contributed by atoms with Gasteiger partial charge in [-0.25, -0.2) is 0 Å². The molecule has 2 N–H and O–H groups in total. The SMILES string of the molecule is COc1cc(C(=O)N2CC3CN(C(=O)Cc4c[nH]c5cc(Cl)ccc45)CC(C(=O)NC[C@@H](C)OCc4ccccc4)C3C2)ccc1OC(C)C. The molecule has 3 unspecified atom stereocenters. The Morgan fingerprint density at radius 3 is 2.48 bits per heavy atom. The maximum atomic E-state index is 13.9. The Bertz CT molecular complexity index is 1830. The lowest BCUT2D eigenvalue weighted by Crippen LogP contribution is -2.54. The maximum Gasteiger partial charge on any atom is 0.254 e. The van der Waals surface area contributed by atoms with Crippen molar-refractivity contribution in [2.45, 2.75) is 46.0 Å². The highest BCUT2D eigenvalue weighted by molar-refractivity contribution is 6.31. The fourth-order valence-electron chi connectivity index (χ4n) is 7.08. The lowest BCUT2D eigenvalue weighted by atomic mass is 9.79. The van der Waals surface area contributed by atoms with Crippen LogP contribution >= 0.6 is 11.6 Å². The van der Waals surface area contributed by atoms with E-state index in [2.05, 4.69) is 10.3 Å². The van der Waals surface area contributed by atoms with E-state index in [1.165, 1.54) is 0 Å². The minimum absolute atomic E-state index is 0.0474. The van der Waals surface area contributed by atoms with E-state index in [0.717, 1.165) is 22.0 Å². The summed E-state index contributed by atoms with van der Waals surface area (Å²) in [4.78, 5) is 48.4. The summed E-state index contributed by atoms with van der Waals surface area (Å²) in [5, 5.41) is 4.65. The van der Waals surface area contributed by atoms with Gasteiger partial charge in [0.15, 0.2) is 11.5 Å². The number of ether oxygens (including phenoxy) is 3. The third-order valence-corrected chi connectivity index (χ3v) is 9.88. The van der Waals surface area contributed by atoms with Crippen LogP contribution in [0.15, 0.2) is 72.9 Å². The lowest BCUT2D eigenvalue weighted by Gasteiger charge is -2.39. The van der Waals surface area contributed by atoms with E-state index in [4.69, 9.17) is 25.8 Å². The number of methoxy groups -OCH3 is 1. The molecule has 1 aromatic heterocycles. The molecule has 3 heterocycles. The summed E-state index contributed by atoms with van der Waals surface area (Å²) in [7, 11) is 1.55. The first-order valence-corrected chi connectivity index (χ1v) is 17.6. The van der Waals surface area contributed by atoms with Gasteiger partial charge in [-0.2, -0.15) is 0 Å². The molecule has 0 bridgehead atoms. The second-order valence-electron chi connectivity index (χ2n) is 13.6. The third kappa shape index (κ3) is 8.08. The number of rotatable bonds is 12. The minimum atomic E-state index is -0.491. The van der Waals surface area contributed by atoms with Gasteiger partial charge in [0.05, 0.1) is 38.3 Å². The van der Waals surface area contributed by atoms with Crippen LogP contribution < -0.4 is 14.8 Å². The topological polar surface area (TPSA) is 113 Å². The van der Waals surface area contributed by atoms with Crippen LogP contribution in [0.5, 0.6) is 11.5 Å². The number of aromatic amines is 1. The zero-order valence-electron chi connectivity index (χ0n) is 29.0. The smallest absolute Gasteiger partial charge is 0.254 e. The van der Waals surface area contributed by atoms with Gasteiger partial charge < -0.3 is 34.3 Å². The second-order valence-corrected chi connectivity index (χ2v) is 14.0. The average Bonchev–Trinajstić information content (AvgIpc) is 3.73. The van der Waals surface area contributed by atoms with Gasteiger partial charge in [-0.3, -0.25) is 14.4 Å². The zero-order chi connectivity index (χ0) is 35.4. The van der Waals surface area contributed by atoms with Crippen molar-refractivity contribution >= 4 is 40.2 Å². The highest BCUT2D eigenvalue weighted by atomic mass is 35.5. The number of carbonyl (C=O) groups is 3. The van der Waals surface area contributed by atoms with E-state index in [0.29, 0.717) is 54.9 Å². The molecule has 2 aliphatic rings. The second kappa shape index (κ2) is 15.6. The van der Waals surface area contributed by atoms with Crippen molar-refractivity contribution in [3.63, 3.8) is 0 Å². The van der Waals surface area contributed by atoms with Gasteiger partial charge in [-0.05, 0) is 74.1 Å². The average molecular weight is 701 g/mol. The Morgan fingerprint density at radius 2 is 1.72 bits per heavy atom. The van der Waals surface area contributed by atoms with Crippen molar-refractivity contribution in [3.05, 3.63) is 94.6 Å². The molecular formula is C39H45ClN4O6. The summed E-state index contributed by atoms with van der Waals surface area (Å²) >= 11 is 6.18. The standard InChI is InChI=1S/C39H45ClN4O6/c1-24(2)50-35-13-10-27(14-36(35)48-4)39(47)44-20-29-19-43(37(45)15-28-18-41-34-16-30(40)11-12-31(28)34)22-33(32(29)21-44)38(46)42-17-25(3)49-23-26-8-6-5-7-9-26/h5-14,16,18,24-25,29,32-33,41H,15,17,19-23H2,1-4H3,(H,42,46)/t25-,29?,32?,33?/m1/s1. The Labute approximate surface area is 298 Å². The first kappa shape index (κ1) is 35.3. The summed E-state index contributed by atoms with van der Waals surface area (Å²) in [6, 6.07) is 20.7. The fourth-order valence-corrected chi connectivity index (χ4v) is 7.26. The summed E-state index contributed by atoms with van der Waals surface area (Å²) in [6.07, 6.45) is 1.76. The number of nitrogens with zero attached hydrogens (tertiary/aromatic N) is 2. The van der Waals surface area contributed by atoms with Gasteiger partial charge in [0, 0.05) is 60.4 Å². The predicted molar refractivity (Wildman–Crippen MR) is 192 cm³/mol. The Morgan fingerprint density at radius 1 is 0.940 bits per heavy atom. The van der Waals surface area contributed by atoms with Gasteiger partial charge in [-0.1, -0.05) is 48.0 Å². The van der Waals surface area contributed by atoms with E-state index in [1.807, 2.05) is 75.5 Å². The number of carbonyl (C=O) groups excluding carboxylic acids is 3. The fraction of sp³-hybridized carbons (Fsp3) is 0.410. The molecule has 2 aliphatic heterocycles. The molecule has 3 amide bonds.